The zero-order chi connectivity index (χ0) is 18.2. The maximum absolute atomic E-state index is 12.4. The lowest BCUT2D eigenvalue weighted by Crippen LogP contribution is -2.38. The molecule has 0 spiro atoms. The van der Waals surface area contributed by atoms with Gasteiger partial charge in [-0.3, -0.25) is 4.79 Å². The molecule has 1 amide bonds. The largest absolute Gasteiger partial charge is 0.355 e. The first kappa shape index (κ1) is 19.6. The molecule has 0 unspecified atom stereocenters. The minimum Gasteiger partial charge on any atom is -0.355 e. The van der Waals surface area contributed by atoms with Gasteiger partial charge in [-0.05, 0) is 41.5 Å². The molecule has 2 rings (SSSR count). The van der Waals surface area contributed by atoms with E-state index in [0.29, 0.717) is 12.3 Å². The zero-order valence-electron chi connectivity index (χ0n) is 14.2. The second-order valence-corrected chi connectivity index (χ2v) is 7.97. The van der Waals surface area contributed by atoms with Crippen LogP contribution in [0.25, 0.3) is 0 Å². The number of halogens is 1. The van der Waals surface area contributed by atoms with Gasteiger partial charge >= 0.3 is 0 Å². The van der Waals surface area contributed by atoms with Crippen LogP contribution in [0.1, 0.15) is 36.8 Å². The number of nitrogens with one attached hydrogen (secondary N) is 1. The van der Waals surface area contributed by atoms with E-state index in [-0.39, 0.29) is 18.6 Å². The first-order chi connectivity index (χ1) is 12.0. The van der Waals surface area contributed by atoms with Crippen LogP contribution in [0.4, 0.5) is 0 Å². The Morgan fingerprint density at radius 1 is 1.32 bits per heavy atom. The van der Waals surface area contributed by atoms with Crippen molar-refractivity contribution in [3.63, 3.8) is 0 Å². The molecule has 0 saturated carbocycles. The summed E-state index contributed by atoms with van der Waals surface area (Å²) in [6.07, 6.45) is -0.330. The summed E-state index contributed by atoms with van der Waals surface area (Å²) >= 11 is 5.05. The van der Waals surface area contributed by atoms with E-state index in [9.17, 15) is 4.79 Å². The van der Waals surface area contributed by atoms with Gasteiger partial charge in [0.1, 0.15) is 18.8 Å². The quantitative estimate of drug-likeness (QED) is 0.630. The molecular formula is C19H21BrN2O2S. The Labute approximate surface area is 160 Å². The second-order valence-electron chi connectivity index (χ2n) is 6.08. The highest BCUT2D eigenvalue weighted by atomic mass is 79.9. The van der Waals surface area contributed by atoms with Crippen molar-refractivity contribution in [1.82, 2.24) is 5.32 Å². The van der Waals surface area contributed by atoms with Crippen LogP contribution in [0.5, 0.6) is 0 Å². The Balaban J connectivity index is 2.27. The molecule has 132 valence electrons. The fraction of sp³-hybridized carbons (Fsp3) is 0.368. The van der Waals surface area contributed by atoms with Crippen molar-refractivity contribution in [2.24, 2.45) is 5.92 Å². The zero-order valence-corrected chi connectivity index (χ0v) is 16.6. The first-order valence-corrected chi connectivity index (χ1v) is 9.77. The first-order valence-electron chi connectivity index (χ1n) is 8.10. The second kappa shape index (κ2) is 9.71. The smallest absolute Gasteiger partial charge is 0.250 e. The van der Waals surface area contributed by atoms with Crippen LogP contribution in [0.2, 0.25) is 0 Å². The van der Waals surface area contributed by atoms with Crippen LogP contribution in [0.3, 0.4) is 0 Å². The Morgan fingerprint density at radius 2 is 2.04 bits per heavy atom. The number of benzene rings is 1. The maximum atomic E-state index is 12.4. The molecule has 0 aliphatic heterocycles. The van der Waals surface area contributed by atoms with Crippen molar-refractivity contribution in [3.8, 4) is 6.07 Å². The van der Waals surface area contributed by atoms with E-state index in [2.05, 4.69) is 21.2 Å². The number of nitrogens with zero attached hydrogens (tertiary/aromatic N) is 1. The number of carbonyl (C=O) groups excluding carboxylic acids is 1. The van der Waals surface area contributed by atoms with Gasteiger partial charge in [0.05, 0.1) is 6.07 Å². The maximum Gasteiger partial charge on any atom is 0.250 e. The molecule has 0 fully saturated rings. The molecule has 25 heavy (non-hydrogen) atoms. The van der Waals surface area contributed by atoms with E-state index < -0.39 is 6.10 Å². The number of carbonyl (C=O) groups is 1. The Bertz CT molecular complexity index is 708. The summed E-state index contributed by atoms with van der Waals surface area (Å²) in [5.74, 6) is 0.0562. The van der Waals surface area contributed by atoms with E-state index in [1.54, 1.807) is 11.3 Å². The summed E-state index contributed by atoms with van der Waals surface area (Å²) in [5, 5.41) is 13.3. The minimum absolute atomic E-state index is 0.0151. The molecule has 1 heterocycles. The third-order valence-electron chi connectivity index (χ3n) is 3.59. The highest BCUT2D eigenvalue weighted by molar-refractivity contribution is 9.10. The molecule has 1 aromatic heterocycles. The summed E-state index contributed by atoms with van der Waals surface area (Å²) in [6, 6.07) is 13.8. The van der Waals surface area contributed by atoms with Crippen LogP contribution < -0.4 is 5.32 Å². The highest BCUT2D eigenvalue weighted by Crippen LogP contribution is 2.32. The van der Waals surface area contributed by atoms with Crippen molar-refractivity contribution in [3.05, 3.63) is 56.7 Å². The van der Waals surface area contributed by atoms with Crippen LogP contribution in [-0.4, -0.2) is 18.6 Å². The van der Waals surface area contributed by atoms with Crippen LogP contribution in [0, 0.1) is 17.2 Å². The molecule has 1 aromatic carbocycles. The molecule has 0 bridgehead atoms. The van der Waals surface area contributed by atoms with Crippen LogP contribution in [0.15, 0.2) is 46.3 Å². The van der Waals surface area contributed by atoms with Crippen molar-refractivity contribution >= 4 is 33.2 Å². The summed E-state index contributed by atoms with van der Waals surface area (Å²) in [6.45, 7) is 4.08. The molecule has 2 aromatic rings. The number of nitriles is 1. The lowest BCUT2D eigenvalue weighted by atomic mass is 10.0. The molecule has 0 saturated heterocycles. The monoisotopic (exact) mass is 420 g/mol. The van der Waals surface area contributed by atoms with Gasteiger partial charge in [0.2, 0.25) is 5.91 Å². The summed E-state index contributed by atoms with van der Waals surface area (Å²) in [4.78, 5) is 13.5. The van der Waals surface area contributed by atoms with Gasteiger partial charge in [0.25, 0.3) is 0 Å². The molecular weight excluding hydrogens is 400 g/mol. The topological polar surface area (TPSA) is 62.1 Å². The normalized spacial score (nSPS) is 13.2. The highest BCUT2D eigenvalue weighted by Gasteiger charge is 2.27. The van der Waals surface area contributed by atoms with Crippen LogP contribution in [-0.2, 0) is 9.53 Å². The minimum atomic E-state index is -0.607. The third-order valence-corrected chi connectivity index (χ3v) is 5.04. The number of hydrogen-bond donors (Lipinski definition) is 1. The number of amides is 1. The van der Waals surface area contributed by atoms with Crippen LogP contribution >= 0.6 is 27.3 Å². The number of rotatable bonds is 8. The molecule has 0 aliphatic rings. The summed E-state index contributed by atoms with van der Waals surface area (Å²) < 4.78 is 7.26. The standard InChI is InChI=1S/C19H21BrN2O2S/c1-13(2)12-16(19(23)22-10-9-21)24-18(17-4-3-11-25-17)14-5-7-15(20)8-6-14/h3-8,11,13,16,18H,10,12H2,1-2H3,(H,22,23)/t16-,18-/m0/s1. The van der Waals surface area contributed by atoms with Crippen molar-refractivity contribution < 1.29 is 9.53 Å². The van der Waals surface area contributed by atoms with Crippen molar-refractivity contribution in [2.45, 2.75) is 32.5 Å². The Hall–Kier alpha value is -1.68. The average Bonchev–Trinajstić information content (AvgIpc) is 3.11. The molecule has 1 N–H and O–H groups in total. The van der Waals surface area contributed by atoms with Gasteiger partial charge in [0, 0.05) is 9.35 Å². The molecule has 6 heteroatoms. The van der Waals surface area contributed by atoms with E-state index in [0.717, 1.165) is 14.9 Å². The number of thiophene rings is 1. The fourth-order valence-corrected chi connectivity index (χ4v) is 3.50. The Kier molecular flexibility index (Phi) is 7.63. The molecule has 0 aliphatic carbocycles. The summed E-state index contributed by atoms with van der Waals surface area (Å²) in [5.41, 5.74) is 0.993. The number of ether oxygens (including phenoxy) is 1. The van der Waals surface area contributed by atoms with Gasteiger partial charge < -0.3 is 10.1 Å². The Morgan fingerprint density at radius 3 is 2.60 bits per heavy atom. The lowest BCUT2D eigenvalue weighted by molar-refractivity contribution is -0.136. The molecule has 2 atom stereocenters. The predicted octanol–water partition coefficient (Wildman–Crippen LogP) is 4.67. The lowest BCUT2D eigenvalue weighted by Gasteiger charge is -2.25. The van der Waals surface area contributed by atoms with Gasteiger partial charge in [-0.1, -0.05) is 48.0 Å². The van der Waals surface area contributed by atoms with Gasteiger partial charge in [0.15, 0.2) is 0 Å². The van der Waals surface area contributed by atoms with E-state index in [1.165, 1.54) is 0 Å². The van der Waals surface area contributed by atoms with Crippen molar-refractivity contribution in [1.29, 1.82) is 5.26 Å². The summed E-state index contributed by atoms with van der Waals surface area (Å²) in [7, 11) is 0. The van der Waals surface area contributed by atoms with Gasteiger partial charge in [-0.2, -0.15) is 5.26 Å². The van der Waals surface area contributed by atoms with E-state index >= 15 is 0 Å². The molecule has 4 nitrogen and oxygen atoms in total. The average molecular weight is 421 g/mol. The molecule has 0 radical (unpaired) electrons. The number of hydrogen-bond acceptors (Lipinski definition) is 4. The predicted molar refractivity (Wildman–Crippen MR) is 103 cm³/mol. The van der Waals surface area contributed by atoms with E-state index in [4.69, 9.17) is 10.00 Å². The fourth-order valence-electron chi connectivity index (χ4n) is 2.45. The van der Waals surface area contributed by atoms with Crippen molar-refractivity contribution in [2.75, 3.05) is 6.54 Å². The third kappa shape index (κ3) is 5.96. The van der Waals surface area contributed by atoms with Gasteiger partial charge in [-0.15, -0.1) is 11.3 Å². The SMILES string of the molecule is CC(C)C[C@H](O[C@@H](c1ccc(Br)cc1)c1cccs1)C(=O)NCC#N. The van der Waals surface area contributed by atoms with Gasteiger partial charge in [-0.25, -0.2) is 0 Å². The van der Waals surface area contributed by atoms with E-state index in [1.807, 2.05) is 61.7 Å².